The third-order valence-corrected chi connectivity index (χ3v) is 11.2. The molecule has 0 radical (unpaired) electrons. The lowest BCUT2D eigenvalue weighted by Gasteiger charge is -2.39. The molecular weight excluding hydrogens is 488 g/mol. The van der Waals surface area contributed by atoms with Crippen molar-refractivity contribution in [3.63, 3.8) is 0 Å². The highest BCUT2D eigenvalue weighted by Gasteiger charge is 2.42. The number of aliphatic hydroxyl groups is 1. The van der Waals surface area contributed by atoms with Gasteiger partial charge in [0.15, 0.2) is 0 Å². The molecule has 36 heavy (non-hydrogen) atoms. The van der Waals surface area contributed by atoms with Crippen LogP contribution >= 0.6 is 11.3 Å². The first-order chi connectivity index (χ1) is 17.4. The van der Waals surface area contributed by atoms with Crippen molar-refractivity contribution in [1.29, 1.82) is 0 Å². The fourth-order valence-electron chi connectivity index (χ4n) is 5.83. The second kappa shape index (κ2) is 11.2. The van der Waals surface area contributed by atoms with Gasteiger partial charge in [-0.1, -0.05) is 66.7 Å². The van der Waals surface area contributed by atoms with E-state index in [1.807, 2.05) is 29.6 Å². The highest BCUT2D eigenvalue weighted by molar-refractivity contribution is 7.91. The first-order valence-corrected chi connectivity index (χ1v) is 15.3. The third kappa shape index (κ3) is 5.92. The topological polar surface area (TPSA) is 60.9 Å². The molecule has 5 nitrogen and oxygen atoms in total. The van der Waals surface area contributed by atoms with Crippen molar-refractivity contribution in [1.82, 2.24) is 9.21 Å². The Hall–Kier alpha value is -2.03. The lowest BCUT2D eigenvalue weighted by molar-refractivity contribution is -0.0315. The predicted molar refractivity (Wildman–Crippen MR) is 146 cm³/mol. The molecular formula is C29H36N2O3S2. The summed E-state index contributed by atoms with van der Waals surface area (Å²) in [4.78, 5) is 2.44. The number of sulfonamides is 1. The number of hydrogen-bond donors (Lipinski definition) is 1. The van der Waals surface area contributed by atoms with Gasteiger partial charge in [-0.3, -0.25) is 0 Å². The number of likely N-dealkylation sites (tertiary alicyclic amines) is 1. The normalized spacial score (nSPS) is 23.1. The Bertz CT molecular complexity index is 1190. The molecule has 3 aromatic rings. The van der Waals surface area contributed by atoms with Crippen molar-refractivity contribution < 1.29 is 13.5 Å². The number of aryl methyl sites for hydroxylation is 1. The summed E-state index contributed by atoms with van der Waals surface area (Å²) in [5, 5.41) is 13.0. The summed E-state index contributed by atoms with van der Waals surface area (Å²) in [5.41, 5.74) is 1.95. The van der Waals surface area contributed by atoms with Crippen LogP contribution in [0.2, 0.25) is 0 Å². The molecule has 0 bridgehead atoms. The molecule has 0 aliphatic carbocycles. The van der Waals surface area contributed by atoms with Crippen molar-refractivity contribution in [3.8, 4) is 0 Å². The second-order valence-corrected chi connectivity index (χ2v) is 13.5. The summed E-state index contributed by atoms with van der Waals surface area (Å²) in [7, 11) is -3.47. The Morgan fingerprint density at radius 1 is 0.917 bits per heavy atom. The minimum Gasteiger partial charge on any atom is -0.390 e. The van der Waals surface area contributed by atoms with Crippen LogP contribution in [0.3, 0.4) is 0 Å². The van der Waals surface area contributed by atoms with Gasteiger partial charge in [-0.05, 0) is 60.6 Å². The van der Waals surface area contributed by atoms with Gasteiger partial charge in [-0.15, -0.1) is 11.3 Å². The van der Waals surface area contributed by atoms with Gasteiger partial charge in [0.2, 0.25) is 0 Å². The molecule has 2 atom stereocenters. The number of hydrogen-bond acceptors (Lipinski definition) is 5. The Labute approximate surface area is 219 Å². The maximum atomic E-state index is 13.3. The van der Waals surface area contributed by atoms with E-state index in [2.05, 4.69) is 41.3 Å². The SMILES string of the molecule is O=S(=O)(c1cccs1)N1CC(CN2CCC(O)(CCCc3ccccc3)CC2)[C@@H](c2ccccc2)C1. The van der Waals surface area contributed by atoms with Crippen LogP contribution in [-0.4, -0.2) is 61.1 Å². The molecule has 5 rings (SSSR count). The van der Waals surface area contributed by atoms with Crippen molar-refractivity contribution in [2.45, 2.75) is 47.8 Å². The van der Waals surface area contributed by atoms with E-state index in [-0.39, 0.29) is 11.8 Å². The van der Waals surface area contributed by atoms with Crippen LogP contribution < -0.4 is 0 Å². The van der Waals surface area contributed by atoms with E-state index in [0.29, 0.717) is 17.3 Å². The number of piperidine rings is 1. The molecule has 2 aliphatic rings. The summed E-state index contributed by atoms with van der Waals surface area (Å²) in [6.07, 6.45) is 4.39. The molecule has 0 saturated carbocycles. The number of rotatable bonds is 9. The van der Waals surface area contributed by atoms with Crippen molar-refractivity contribution in [3.05, 3.63) is 89.3 Å². The molecule has 0 amide bonds. The van der Waals surface area contributed by atoms with Gasteiger partial charge >= 0.3 is 0 Å². The molecule has 3 heterocycles. The van der Waals surface area contributed by atoms with Gasteiger partial charge in [0, 0.05) is 38.6 Å². The quantitative estimate of drug-likeness (QED) is 0.428. The monoisotopic (exact) mass is 524 g/mol. The Balaban J connectivity index is 1.20. The van der Waals surface area contributed by atoms with Gasteiger partial charge in [-0.25, -0.2) is 8.42 Å². The van der Waals surface area contributed by atoms with Crippen LogP contribution in [0.5, 0.6) is 0 Å². The standard InChI is InChI=1S/C29H36N2O3S2/c32-29(15-7-11-24-9-3-1-4-10-24)16-18-30(19-17-29)21-26-22-31(36(33,34)28-14-8-20-35-28)23-27(26)25-12-5-2-6-13-25/h1-6,8-10,12-14,20,26-27,32H,7,11,15-19,21-23H2/t26?,27-/m1/s1. The summed E-state index contributed by atoms with van der Waals surface area (Å²) < 4.78 is 28.7. The van der Waals surface area contributed by atoms with Gasteiger partial charge in [-0.2, -0.15) is 4.31 Å². The summed E-state index contributed by atoms with van der Waals surface area (Å²) >= 11 is 1.29. The maximum absolute atomic E-state index is 13.3. The molecule has 7 heteroatoms. The zero-order valence-electron chi connectivity index (χ0n) is 20.7. The fraction of sp³-hybridized carbons (Fsp3) is 0.448. The first-order valence-electron chi connectivity index (χ1n) is 13.0. The minimum atomic E-state index is -3.47. The molecule has 0 spiro atoms. The van der Waals surface area contributed by atoms with Crippen molar-refractivity contribution >= 4 is 21.4 Å². The highest BCUT2D eigenvalue weighted by atomic mass is 32.2. The van der Waals surface area contributed by atoms with Crippen LogP contribution in [0.15, 0.2) is 82.4 Å². The number of benzene rings is 2. The van der Waals surface area contributed by atoms with E-state index in [0.717, 1.165) is 51.7 Å². The van der Waals surface area contributed by atoms with E-state index in [1.54, 1.807) is 16.4 Å². The molecule has 1 aromatic heterocycles. The van der Waals surface area contributed by atoms with Crippen LogP contribution in [-0.2, 0) is 16.4 Å². The van der Waals surface area contributed by atoms with Crippen molar-refractivity contribution in [2.24, 2.45) is 5.92 Å². The van der Waals surface area contributed by atoms with Gasteiger partial charge in [0.25, 0.3) is 10.0 Å². The van der Waals surface area contributed by atoms with E-state index in [4.69, 9.17) is 0 Å². The van der Waals surface area contributed by atoms with Crippen LogP contribution in [0.4, 0.5) is 0 Å². The lowest BCUT2D eigenvalue weighted by Crippen LogP contribution is -2.46. The van der Waals surface area contributed by atoms with Crippen LogP contribution in [0.1, 0.15) is 42.7 Å². The third-order valence-electron chi connectivity index (χ3n) is 7.95. The Morgan fingerprint density at radius 3 is 2.28 bits per heavy atom. The Morgan fingerprint density at radius 2 is 1.61 bits per heavy atom. The molecule has 2 fully saturated rings. The highest BCUT2D eigenvalue weighted by Crippen LogP contribution is 2.38. The molecule has 2 aliphatic heterocycles. The maximum Gasteiger partial charge on any atom is 0.252 e. The van der Waals surface area contributed by atoms with E-state index in [9.17, 15) is 13.5 Å². The minimum absolute atomic E-state index is 0.174. The smallest absolute Gasteiger partial charge is 0.252 e. The molecule has 1 unspecified atom stereocenters. The van der Waals surface area contributed by atoms with Crippen molar-refractivity contribution in [2.75, 3.05) is 32.7 Å². The lowest BCUT2D eigenvalue weighted by atomic mass is 9.84. The van der Waals surface area contributed by atoms with E-state index >= 15 is 0 Å². The summed E-state index contributed by atoms with van der Waals surface area (Å²) in [6.45, 7) is 3.63. The molecule has 1 N–H and O–H groups in total. The average Bonchev–Trinajstić information content (AvgIpc) is 3.58. The molecule has 192 valence electrons. The van der Waals surface area contributed by atoms with Crippen LogP contribution in [0, 0.1) is 5.92 Å². The largest absolute Gasteiger partial charge is 0.390 e. The van der Waals surface area contributed by atoms with E-state index in [1.165, 1.54) is 22.5 Å². The second-order valence-electron chi connectivity index (χ2n) is 10.4. The molecule has 2 aromatic carbocycles. The zero-order valence-corrected chi connectivity index (χ0v) is 22.3. The molecule has 2 saturated heterocycles. The van der Waals surface area contributed by atoms with Gasteiger partial charge < -0.3 is 10.0 Å². The average molecular weight is 525 g/mol. The first kappa shape index (κ1) is 25.6. The fourth-order valence-corrected chi connectivity index (χ4v) is 8.50. The van der Waals surface area contributed by atoms with Gasteiger partial charge in [0.05, 0.1) is 5.60 Å². The Kier molecular flexibility index (Phi) is 7.93. The predicted octanol–water partition coefficient (Wildman–Crippen LogP) is 5.00. The van der Waals surface area contributed by atoms with Gasteiger partial charge in [0.1, 0.15) is 4.21 Å². The zero-order chi connectivity index (χ0) is 25.0. The summed E-state index contributed by atoms with van der Waals surface area (Å²) in [5.74, 6) is 0.402. The summed E-state index contributed by atoms with van der Waals surface area (Å²) in [6, 6.07) is 24.3. The number of thiophene rings is 1. The number of nitrogens with zero attached hydrogens (tertiary/aromatic N) is 2. The van der Waals surface area contributed by atoms with E-state index < -0.39 is 15.6 Å². The van der Waals surface area contributed by atoms with Crippen LogP contribution in [0.25, 0.3) is 0 Å².